The molecule has 0 aliphatic rings. The fraction of sp³-hybridized carbons (Fsp3) is 0.703. The van der Waals surface area contributed by atoms with E-state index in [1.165, 1.54) is 103 Å². The molecule has 1 unspecified atom stereocenters. The van der Waals surface area contributed by atoms with E-state index in [1.807, 2.05) is 0 Å². The lowest BCUT2D eigenvalue weighted by Gasteiger charge is -2.18. The molecule has 6 heteroatoms. The lowest BCUT2D eigenvalue weighted by Crippen LogP contribution is -2.30. The number of ether oxygens (including phenoxy) is 3. The van der Waals surface area contributed by atoms with Gasteiger partial charge in [0.2, 0.25) is 0 Å². The molecule has 0 aliphatic heterocycles. The smallest absolute Gasteiger partial charge is 0.306 e. The van der Waals surface area contributed by atoms with Crippen molar-refractivity contribution in [1.29, 1.82) is 0 Å². The minimum atomic E-state index is -0.794. The number of rotatable bonds is 52. The molecule has 0 bridgehead atoms. The van der Waals surface area contributed by atoms with Gasteiger partial charge in [0, 0.05) is 19.3 Å². The fourth-order valence-electron chi connectivity index (χ4n) is 7.91. The Balaban J connectivity index is 4.40. The highest BCUT2D eigenvalue weighted by Gasteiger charge is 2.19. The summed E-state index contributed by atoms with van der Waals surface area (Å²) in [5.41, 5.74) is 0. The highest BCUT2D eigenvalue weighted by molar-refractivity contribution is 5.71. The van der Waals surface area contributed by atoms with Crippen LogP contribution in [0.2, 0.25) is 0 Å². The molecule has 0 saturated carbocycles. The number of unbranched alkanes of at least 4 members (excludes halogenated alkanes) is 25. The van der Waals surface area contributed by atoms with E-state index in [9.17, 15) is 14.4 Å². The van der Waals surface area contributed by atoms with E-state index in [4.69, 9.17) is 14.2 Å². The number of hydrogen-bond acceptors (Lipinski definition) is 6. The van der Waals surface area contributed by atoms with Crippen molar-refractivity contribution in [2.45, 2.75) is 277 Å². The number of allylic oxidation sites excluding steroid dienone is 16. The van der Waals surface area contributed by atoms with Crippen LogP contribution in [0.4, 0.5) is 0 Å². The van der Waals surface area contributed by atoms with E-state index in [2.05, 4.69) is 118 Å². The van der Waals surface area contributed by atoms with Gasteiger partial charge in [0.1, 0.15) is 13.2 Å². The molecule has 6 nitrogen and oxygen atoms in total. The number of esters is 3. The minimum absolute atomic E-state index is 0.0913. The summed E-state index contributed by atoms with van der Waals surface area (Å²) in [7, 11) is 0. The quantitative estimate of drug-likeness (QED) is 0.0262. The third kappa shape index (κ3) is 55.3. The predicted molar refractivity (Wildman–Crippen MR) is 302 cm³/mol. The van der Waals surface area contributed by atoms with Crippen LogP contribution >= 0.6 is 0 Å². The molecule has 0 aliphatic carbocycles. The van der Waals surface area contributed by atoms with Crippen LogP contribution in [0.3, 0.4) is 0 Å². The van der Waals surface area contributed by atoms with Gasteiger partial charge in [-0.05, 0) is 122 Å². The van der Waals surface area contributed by atoms with Crippen LogP contribution in [0.15, 0.2) is 97.2 Å². The van der Waals surface area contributed by atoms with E-state index in [0.717, 1.165) is 128 Å². The third-order valence-corrected chi connectivity index (χ3v) is 12.3. The maximum Gasteiger partial charge on any atom is 0.306 e. The molecule has 70 heavy (non-hydrogen) atoms. The summed E-state index contributed by atoms with van der Waals surface area (Å²) in [5.74, 6) is -0.921. The third-order valence-electron chi connectivity index (χ3n) is 12.3. The summed E-state index contributed by atoms with van der Waals surface area (Å²) in [4.78, 5) is 38.2. The maximum atomic E-state index is 12.9. The minimum Gasteiger partial charge on any atom is -0.462 e. The predicted octanol–water partition coefficient (Wildman–Crippen LogP) is 19.7. The summed E-state index contributed by atoms with van der Waals surface area (Å²) < 4.78 is 16.8. The van der Waals surface area contributed by atoms with E-state index < -0.39 is 6.10 Å². The van der Waals surface area contributed by atoms with Crippen LogP contribution < -0.4 is 0 Å². The zero-order valence-corrected chi connectivity index (χ0v) is 45.8. The number of carbonyl (C=O) groups is 3. The number of hydrogen-bond donors (Lipinski definition) is 0. The van der Waals surface area contributed by atoms with Crippen molar-refractivity contribution in [2.24, 2.45) is 0 Å². The molecule has 400 valence electrons. The van der Waals surface area contributed by atoms with Crippen molar-refractivity contribution < 1.29 is 28.6 Å². The molecular weight excluding hydrogens is 865 g/mol. The topological polar surface area (TPSA) is 78.9 Å². The first kappa shape index (κ1) is 66.3. The molecule has 0 aromatic rings. The van der Waals surface area contributed by atoms with Crippen molar-refractivity contribution >= 4 is 17.9 Å². The van der Waals surface area contributed by atoms with Gasteiger partial charge < -0.3 is 14.2 Å². The SMILES string of the molecule is CC/C=C\C/C=C\C/C=C\C/C=C\C/C=C\CCCCCCCCCC(=O)OCC(COC(=O)CCCCCCC/C=C\CCCCCC)OC(=O)CCCCCCC/C=C\C/C=C\CCCCCC. The maximum absolute atomic E-state index is 12.9. The molecule has 0 aromatic heterocycles. The van der Waals surface area contributed by atoms with Crippen molar-refractivity contribution in [3.63, 3.8) is 0 Å². The average Bonchev–Trinajstić information content (AvgIpc) is 3.36. The Labute approximate surface area is 432 Å². The Hall–Kier alpha value is -3.67. The molecule has 0 radical (unpaired) electrons. The summed E-state index contributed by atoms with van der Waals surface area (Å²) in [5, 5.41) is 0. The lowest BCUT2D eigenvalue weighted by atomic mass is 10.1. The largest absolute Gasteiger partial charge is 0.462 e. The van der Waals surface area contributed by atoms with Crippen molar-refractivity contribution in [1.82, 2.24) is 0 Å². The first-order valence-electron chi connectivity index (χ1n) is 29.2. The van der Waals surface area contributed by atoms with Crippen LogP contribution in [0, 0.1) is 0 Å². The van der Waals surface area contributed by atoms with E-state index in [-0.39, 0.29) is 31.1 Å². The molecular formula is C64H108O6. The summed E-state index contributed by atoms with van der Waals surface area (Å²) >= 11 is 0. The second kappa shape index (κ2) is 57.9. The molecule has 0 fully saturated rings. The highest BCUT2D eigenvalue weighted by atomic mass is 16.6. The van der Waals surface area contributed by atoms with E-state index in [1.54, 1.807) is 0 Å². The second-order valence-corrected chi connectivity index (χ2v) is 19.2. The zero-order chi connectivity index (χ0) is 50.7. The molecule has 1 atom stereocenters. The van der Waals surface area contributed by atoms with E-state index in [0.29, 0.717) is 19.3 Å². The Morgan fingerprint density at radius 1 is 0.300 bits per heavy atom. The first-order chi connectivity index (χ1) is 34.5. The van der Waals surface area contributed by atoms with Crippen LogP contribution in [0.5, 0.6) is 0 Å². The summed E-state index contributed by atoms with van der Waals surface area (Å²) in [6.07, 6.45) is 76.8. The first-order valence-corrected chi connectivity index (χ1v) is 29.2. The van der Waals surface area contributed by atoms with Gasteiger partial charge in [-0.25, -0.2) is 0 Å². The van der Waals surface area contributed by atoms with Crippen LogP contribution in [0.1, 0.15) is 271 Å². The van der Waals surface area contributed by atoms with Gasteiger partial charge in [0.15, 0.2) is 6.10 Å². The van der Waals surface area contributed by atoms with Gasteiger partial charge in [-0.2, -0.15) is 0 Å². The van der Waals surface area contributed by atoms with Crippen molar-refractivity contribution in [2.75, 3.05) is 13.2 Å². The highest BCUT2D eigenvalue weighted by Crippen LogP contribution is 2.14. The normalized spacial score (nSPS) is 12.8. The standard InChI is InChI=1S/C64H108O6/c1-4-7-10-13-16-19-22-25-27-29-30-31-32-33-34-35-37-39-42-45-48-51-54-57-63(66)69-60-61(59-68-62(65)56-53-50-47-44-41-38-24-21-18-15-12-9-6-3)70-64(67)58-55-52-49-46-43-40-36-28-26-23-20-17-14-11-8-5-2/h7,10,16,19-21,23-25,27-28,30-31,33-34,36,61H,4-6,8-9,11-15,17-18,22,26,29,32,35,37-60H2,1-3H3/b10-7-,19-16-,23-20-,24-21-,27-25-,31-30-,34-33-,36-28-. The van der Waals surface area contributed by atoms with Gasteiger partial charge in [-0.3, -0.25) is 14.4 Å². The average molecular weight is 974 g/mol. The number of carbonyl (C=O) groups excluding carboxylic acids is 3. The van der Waals surface area contributed by atoms with E-state index >= 15 is 0 Å². The van der Waals surface area contributed by atoms with Gasteiger partial charge in [-0.15, -0.1) is 0 Å². The fourth-order valence-corrected chi connectivity index (χ4v) is 7.91. The second-order valence-electron chi connectivity index (χ2n) is 19.2. The van der Waals surface area contributed by atoms with Gasteiger partial charge in [-0.1, -0.05) is 227 Å². The molecule has 0 amide bonds. The lowest BCUT2D eigenvalue weighted by molar-refractivity contribution is -0.167. The van der Waals surface area contributed by atoms with Crippen LogP contribution in [-0.4, -0.2) is 37.2 Å². The zero-order valence-electron chi connectivity index (χ0n) is 45.8. The van der Waals surface area contributed by atoms with Crippen LogP contribution in [-0.2, 0) is 28.6 Å². The Bertz CT molecular complexity index is 1400. The summed E-state index contributed by atoms with van der Waals surface area (Å²) in [6, 6.07) is 0. The monoisotopic (exact) mass is 973 g/mol. The Morgan fingerprint density at radius 3 is 0.886 bits per heavy atom. The van der Waals surface area contributed by atoms with Crippen LogP contribution in [0.25, 0.3) is 0 Å². The Kier molecular flexibility index (Phi) is 54.9. The Morgan fingerprint density at radius 2 is 0.557 bits per heavy atom. The molecule has 0 heterocycles. The van der Waals surface area contributed by atoms with Crippen molar-refractivity contribution in [3.05, 3.63) is 97.2 Å². The molecule has 0 aromatic carbocycles. The molecule has 0 N–H and O–H groups in total. The molecule has 0 rings (SSSR count). The van der Waals surface area contributed by atoms with Crippen molar-refractivity contribution in [3.8, 4) is 0 Å². The van der Waals surface area contributed by atoms with Gasteiger partial charge in [0.25, 0.3) is 0 Å². The molecule has 0 saturated heterocycles. The van der Waals surface area contributed by atoms with Gasteiger partial charge in [0.05, 0.1) is 0 Å². The van der Waals surface area contributed by atoms with Gasteiger partial charge >= 0.3 is 17.9 Å². The summed E-state index contributed by atoms with van der Waals surface area (Å²) in [6.45, 7) is 6.47. The molecule has 0 spiro atoms.